The van der Waals surface area contributed by atoms with E-state index >= 15 is 0 Å². The van der Waals surface area contributed by atoms with Crippen molar-refractivity contribution in [2.75, 3.05) is 32.8 Å². The van der Waals surface area contributed by atoms with Gasteiger partial charge in [-0.1, -0.05) is 25.1 Å². The van der Waals surface area contributed by atoms with Crippen LogP contribution >= 0.6 is 0 Å². The molecule has 6 nitrogen and oxygen atoms in total. The zero-order chi connectivity index (χ0) is 18.8. The number of hydrogen-bond donors (Lipinski definition) is 0. The molecule has 0 N–H and O–H groups in total. The Morgan fingerprint density at radius 2 is 1.96 bits per heavy atom. The van der Waals surface area contributed by atoms with Crippen molar-refractivity contribution in [2.45, 2.75) is 32.7 Å². The number of aromatic nitrogens is 2. The summed E-state index contributed by atoms with van der Waals surface area (Å²) in [5.41, 5.74) is 1.33. The van der Waals surface area contributed by atoms with Gasteiger partial charge in [-0.2, -0.15) is 5.10 Å². The summed E-state index contributed by atoms with van der Waals surface area (Å²) in [6, 6.07) is 10.6. The minimum atomic E-state index is -0.0300. The van der Waals surface area contributed by atoms with Crippen molar-refractivity contribution in [3.05, 3.63) is 42.2 Å². The molecule has 27 heavy (non-hydrogen) atoms. The first kappa shape index (κ1) is 18.0. The fourth-order valence-electron chi connectivity index (χ4n) is 3.85. The highest BCUT2D eigenvalue weighted by Gasteiger charge is 2.34. The molecule has 0 bridgehead atoms. The van der Waals surface area contributed by atoms with E-state index in [1.807, 2.05) is 48.4 Å². The Morgan fingerprint density at radius 1 is 1.19 bits per heavy atom. The first-order valence-corrected chi connectivity index (χ1v) is 9.97. The van der Waals surface area contributed by atoms with Gasteiger partial charge >= 0.3 is 0 Å². The molecule has 4 rings (SSSR count). The van der Waals surface area contributed by atoms with Crippen molar-refractivity contribution in [2.24, 2.45) is 5.92 Å². The van der Waals surface area contributed by atoms with Crippen LogP contribution in [-0.4, -0.2) is 64.3 Å². The third kappa shape index (κ3) is 4.00. The van der Waals surface area contributed by atoms with Crippen LogP contribution in [0.25, 0.3) is 5.69 Å². The molecule has 1 aromatic heterocycles. The van der Waals surface area contributed by atoms with Crippen LogP contribution in [0.1, 0.15) is 37.2 Å². The fraction of sp³-hybridized carbons (Fsp3) is 0.524. The van der Waals surface area contributed by atoms with Gasteiger partial charge in [-0.3, -0.25) is 9.69 Å². The van der Waals surface area contributed by atoms with E-state index in [2.05, 4.69) is 16.9 Å². The van der Waals surface area contributed by atoms with E-state index in [0.29, 0.717) is 24.0 Å². The van der Waals surface area contributed by atoms with Crippen molar-refractivity contribution >= 4 is 5.91 Å². The highest BCUT2D eigenvalue weighted by Crippen LogP contribution is 2.29. The largest absolute Gasteiger partial charge is 0.490 e. The number of carbonyl (C=O) groups is 1. The van der Waals surface area contributed by atoms with Gasteiger partial charge in [0.2, 0.25) is 0 Å². The van der Waals surface area contributed by atoms with Crippen molar-refractivity contribution in [3.8, 4) is 11.4 Å². The van der Waals surface area contributed by atoms with Gasteiger partial charge in [0.25, 0.3) is 5.91 Å². The monoisotopic (exact) mass is 368 g/mol. The summed E-state index contributed by atoms with van der Waals surface area (Å²) in [5, 5.41) is 4.58. The zero-order valence-corrected chi connectivity index (χ0v) is 16.2. The normalized spacial score (nSPS) is 21.1. The average molecular weight is 368 g/mol. The summed E-state index contributed by atoms with van der Waals surface area (Å²) < 4.78 is 7.47. The summed E-state index contributed by atoms with van der Waals surface area (Å²) >= 11 is 0. The van der Waals surface area contributed by atoms with Crippen molar-refractivity contribution < 1.29 is 9.53 Å². The van der Waals surface area contributed by atoms with Crippen LogP contribution in [0.15, 0.2) is 36.5 Å². The minimum absolute atomic E-state index is 0.0300. The fourth-order valence-corrected chi connectivity index (χ4v) is 3.85. The van der Waals surface area contributed by atoms with Crippen LogP contribution in [0.4, 0.5) is 0 Å². The molecule has 1 amide bonds. The van der Waals surface area contributed by atoms with Gasteiger partial charge in [0.15, 0.2) is 11.4 Å². The van der Waals surface area contributed by atoms with Crippen LogP contribution in [0, 0.1) is 5.92 Å². The van der Waals surface area contributed by atoms with Gasteiger partial charge in [-0.25, -0.2) is 4.68 Å². The minimum Gasteiger partial charge on any atom is -0.490 e. The number of nitrogens with zero attached hydrogens (tertiary/aromatic N) is 4. The predicted octanol–water partition coefficient (Wildman–Crippen LogP) is 2.83. The second kappa shape index (κ2) is 7.72. The highest BCUT2D eigenvalue weighted by molar-refractivity contribution is 5.95. The van der Waals surface area contributed by atoms with Crippen molar-refractivity contribution in [1.29, 1.82) is 0 Å². The number of carbonyl (C=O) groups excluding carboxylic acids is 1. The van der Waals surface area contributed by atoms with E-state index in [-0.39, 0.29) is 5.91 Å². The number of ether oxygens (including phenoxy) is 1. The Labute approximate surface area is 160 Å². The van der Waals surface area contributed by atoms with Gasteiger partial charge in [0, 0.05) is 32.2 Å². The molecule has 1 unspecified atom stereocenters. The lowest BCUT2D eigenvalue weighted by Gasteiger charge is -2.21. The molecule has 1 atom stereocenters. The molecule has 0 spiro atoms. The number of benzene rings is 1. The van der Waals surface area contributed by atoms with Gasteiger partial charge in [0.1, 0.15) is 0 Å². The standard InChI is InChI=1S/C21H28N4O2/c1-3-27-19-15-25(18-7-5-4-6-8-18)22-20(19)21(26)24-12-11-23(17-9-10-17)13-16(2)14-24/h4-8,15-17H,3,9-14H2,1-2H3. The summed E-state index contributed by atoms with van der Waals surface area (Å²) in [5.74, 6) is 0.990. The maximum absolute atomic E-state index is 13.3. The van der Waals surface area contributed by atoms with Gasteiger partial charge in [-0.15, -0.1) is 0 Å². The number of rotatable bonds is 5. The van der Waals surface area contributed by atoms with Crippen LogP contribution < -0.4 is 4.74 Å². The summed E-state index contributed by atoms with van der Waals surface area (Å²) in [6.07, 6.45) is 4.41. The molecule has 1 aromatic carbocycles. The Bertz CT molecular complexity index is 785. The molecule has 2 heterocycles. The van der Waals surface area contributed by atoms with Crippen LogP contribution in [0.5, 0.6) is 5.75 Å². The van der Waals surface area contributed by atoms with E-state index < -0.39 is 0 Å². The second-order valence-electron chi connectivity index (χ2n) is 7.64. The third-order valence-corrected chi connectivity index (χ3v) is 5.29. The van der Waals surface area contributed by atoms with Crippen LogP contribution in [0.3, 0.4) is 0 Å². The Kier molecular flexibility index (Phi) is 5.16. The lowest BCUT2D eigenvalue weighted by Crippen LogP contribution is -2.36. The molecular weight excluding hydrogens is 340 g/mol. The number of para-hydroxylation sites is 1. The van der Waals surface area contributed by atoms with Gasteiger partial charge in [-0.05, 0) is 37.8 Å². The molecule has 2 aromatic rings. The van der Waals surface area contributed by atoms with Crippen molar-refractivity contribution in [1.82, 2.24) is 19.6 Å². The first-order valence-electron chi connectivity index (χ1n) is 9.97. The molecule has 144 valence electrons. The van der Waals surface area contributed by atoms with Gasteiger partial charge in [0.05, 0.1) is 18.5 Å². The van der Waals surface area contributed by atoms with E-state index in [1.165, 1.54) is 12.8 Å². The maximum atomic E-state index is 13.3. The molecule has 1 saturated carbocycles. The molecule has 1 aliphatic carbocycles. The maximum Gasteiger partial charge on any atom is 0.278 e. The molecule has 6 heteroatoms. The third-order valence-electron chi connectivity index (χ3n) is 5.29. The lowest BCUT2D eigenvalue weighted by molar-refractivity contribution is 0.0738. The van der Waals surface area contributed by atoms with E-state index in [0.717, 1.165) is 37.9 Å². The molecule has 1 saturated heterocycles. The molecular formula is C21H28N4O2. The molecule has 1 aliphatic heterocycles. The summed E-state index contributed by atoms with van der Waals surface area (Å²) in [4.78, 5) is 17.8. The van der Waals surface area contributed by atoms with E-state index in [9.17, 15) is 4.79 Å². The average Bonchev–Trinajstić information content (AvgIpc) is 3.46. The predicted molar refractivity (Wildman–Crippen MR) is 104 cm³/mol. The van der Waals surface area contributed by atoms with Gasteiger partial charge < -0.3 is 9.64 Å². The molecule has 2 fully saturated rings. The zero-order valence-electron chi connectivity index (χ0n) is 16.2. The smallest absolute Gasteiger partial charge is 0.278 e. The van der Waals surface area contributed by atoms with E-state index in [4.69, 9.17) is 4.74 Å². The summed E-state index contributed by atoms with van der Waals surface area (Å²) in [6.45, 7) is 8.21. The molecule has 2 aliphatic rings. The van der Waals surface area contributed by atoms with Crippen LogP contribution in [-0.2, 0) is 0 Å². The number of amides is 1. The molecule has 0 radical (unpaired) electrons. The quantitative estimate of drug-likeness (QED) is 0.814. The first-order chi connectivity index (χ1) is 13.2. The Hall–Kier alpha value is -2.34. The number of hydrogen-bond acceptors (Lipinski definition) is 4. The second-order valence-corrected chi connectivity index (χ2v) is 7.64. The Morgan fingerprint density at radius 3 is 2.67 bits per heavy atom. The topological polar surface area (TPSA) is 50.6 Å². The van der Waals surface area contributed by atoms with Crippen molar-refractivity contribution in [3.63, 3.8) is 0 Å². The van der Waals surface area contributed by atoms with Crippen LogP contribution in [0.2, 0.25) is 0 Å². The Balaban J connectivity index is 1.57. The highest BCUT2D eigenvalue weighted by atomic mass is 16.5. The van der Waals surface area contributed by atoms with E-state index in [1.54, 1.807) is 4.68 Å². The lowest BCUT2D eigenvalue weighted by atomic mass is 10.1. The SMILES string of the molecule is CCOc1cn(-c2ccccc2)nc1C(=O)N1CCN(C2CC2)CC(C)C1. The summed E-state index contributed by atoms with van der Waals surface area (Å²) in [7, 11) is 0.